The molecule has 3 atom stereocenters. The summed E-state index contributed by atoms with van der Waals surface area (Å²) in [5.74, 6) is 0.367. The van der Waals surface area contributed by atoms with Gasteiger partial charge in [-0.25, -0.2) is 0 Å². The zero-order valence-corrected chi connectivity index (χ0v) is 17.5. The zero-order valence-electron chi connectivity index (χ0n) is 17.5. The Kier molecular flexibility index (Phi) is 6.73. The molecule has 0 saturated carbocycles. The number of hydrogen-bond donors (Lipinski definition) is 0. The van der Waals surface area contributed by atoms with E-state index in [-0.39, 0.29) is 30.5 Å². The lowest BCUT2D eigenvalue weighted by atomic mass is 9.97. The number of fused-ring (bicyclic) bond motifs is 1. The number of ether oxygens (including phenoxy) is 1. The first-order chi connectivity index (χ1) is 13.4. The highest BCUT2D eigenvalue weighted by Crippen LogP contribution is 2.30. The second kappa shape index (κ2) is 9.05. The summed E-state index contributed by atoms with van der Waals surface area (Å²) in [5, 5.41) is 0. The van der Waals surface area contributed by atoms with Gasteiger partial charge in [-0.3, -0.25) is 9.59 Å². The average molecular weight is 388 g/mol. The lowest BCUT2D eigenvalue weighted by molar-refractivity contribution is -0.156. The van der Waals surface area contributed by atoms with Crippen molar-refractivity contribution in [2.75, 3.05) is 33.8 Å². The molecule has 2 fully saturated rings. The Labute approximate surface area is 168 Å². The number of carbonyl (C=O) groups is 2. The van der Waals surface area contributed by atoms with Crippen LogP contribution in [-0.2, 0) is 20.9 Å². The highest BCUT2D eigenvalue weighted by atomic mass is 16.5. The molecule has 154 valence electrons. The van der Waals surface area contributed by atoms with E-state index >= 15 is 0 Å². The number of likely N-dealkylation sites (N-methyl/N-ethyl adjacent to an activating group) is 1. The smallest absolute Gasteiger partial charge is 0.249 e. The maximum Gasteiger partial charge on any atom is 0.249 e. The van der Waals surface area contributed by atoms with Crippen molar-refractivity contribution < 1.29 is 14.3 Å². The van der Waals surface area contributed by atoms with E-state index in [0.29, 0.717) is 31.5 Å². The standard InChI is InChI=1S/C22H33N3O3/c1-16(2)10-20-22(27)24-12-18(23(3)4)11-19(24)13-25(20)21(26)15-28-14-17-8-6-5-7-9-17/h5-9,16,18-20H,10-15H2,1-4H3/t18-,19-,20-/m0/s1. The van der Waals surface area contributed by atoms with Gasteiger partial charge in [-0.1, -0.05) is 44.2 Å². The fraction of sp³-hybridized carbons (Fsp3) is 0.636. The minimum atomic E-state index is -0.370. The normalized spacial score (nSPS) is 24.9. The molecule has 6 nitrogen and oxygen atoms in total. The predicted octanol–water partition coefficient (Wildman–Crippen LogP) is 1.99. The lowest BCUT2D eigenvalue weighted by Gasteiger charge is -2.43. The lowest BCUT2D eigenvalue weighted by Crippen LogP contribution is -2.62. The number of hydrogen-bond acceptors (Lipinski definition) is 4. The molecule has 2 aliphatic heterocycles. The molecule has 0 radical (unpaired) electrons. The molecule has 2 aliphatic rings. The van der Waals surface area contributed by atoms with Gasteiger partial charge in [0.15, 0.2) is 0 Å². The first-order valence-electron chi connectivity index (χ1n) is 10.2. The molecule has 6 heteroatoms. The molecule has 0 aliphatic carbocycles. The van der Waals surface area contributed by atoms with E-state index in [4.69, 9.17) is 4.74 Å². The summed E-state index contributed by atoms with van der Waals surface area (Å²) >= 11 is 0. The fourth-order valence-electron chi connectivity index (χ4n) is 4.25. The van der Waals surface area contributed by atoms with Gasteiger partial charge in [-0.15, -0.1) is 0 Å². The molecule has 0 spiro atoms. The molecular formula is C22H33N3O3. The van der Waals surface area contributed by atoms with E-state index in [0.717, 1.165) is 18.5 Å². The van der Waals surface area contributed by atoms with Crippen molar-refractivity contribution in [2.45, 2.75) is 51.4 Å². The van der Waals surface area contributed by atoms with Crippen LogP contribution < -0.4 is 0 Å². The number of amides is 2. The van der Waals surface area contributed by atoms with E-state index in [2.05, 4.69) is 32.8 Å². The highest BCUT2D eigenvalue weighted by Gasteiger charge is 2.47. The van der Waals surface area contributed by atoms with E-state index in [1.165, 1.54) is 0 Å². The van der Waals surface area contributed by atoms with E-state index in [9.17, 15) is 9.59 Å². The Morgan fingerprint density at radius 1 is 1.21 bits per heavy atom. The molecule has 0 aromatic heterocycles. The Balaban J connectivity index is 1.66. The molecule has 0 bridgehead atoms. The fourth-order valence-corrected chi connectivity index (χ4v) is 4.25. The van der Waals surface area contributed by atoms with Crippen LogP contribution in [0.15, 0.2) is 30.3 Å². The van der Waals surface area contributed by atoms with Crippen molar-refractivity contribution in [3.63, 3.8) is 0 Å². The van der Waals surface area contributed by atoms with Crippen molar-refractivity contribution in [1.82, 2.24) is 14.7 Å². The van der Waals surface area contributed by atoms with Crippen LogP contribution in [0.5, 0.6) is 0 Å². The molecule has 0 unspecified atom stereocenters. The average Bonchev–Trinajstić information content (AvgIpc) is 3.09. The number of rotatable bonds is 7. The van der Waals surface area contributed by atoms with Crippen molar-refractivity contribution in [3.05, 3.63) is 35.9 Å². The Bertz CT molecular complexity index is 677. The third-order valence-corrected chi connectivity index (χ3v) is 5.83. The largest absolute Gasteiger partial charge is 0.367 e. The maximum atomic E-state index is 13.2. The Morgan fingerprint density at radius 2 is 1.93 bits per heavy atom. The molecule has 2 saturated heterocycles. The summed E-state index contributed by atoms with van der Waals surface area (Å²) in [4.78, 5) is 32.1. The van der Waals surface area contributed by atoms with Gasteiger partial charge in [-0.05, 0) is 38.4 Å². The van der Waals surface area contributed by atoms with Crippen LogP contribution in [0.3, 0.4) is 0 Å². The van der Waals surface area contributed by atoms with Crippen LogP contribution in [0, 0.1) is 5.92 Å². The van der Waals surface area contributed by atoms with Gasteiger partial charge >= 0.3 is 0 Å². The van der Waals surface area contributed by atoms with E-state index < -0.39 is 0 Å². The van der Waals surface area contributed by atoms with Crippen LogP contribution in [0.4, 0.5) is 0 Å². The summed E-state index contributed by atoms with van der Waals surface area (Å²) in [6.07, 6.45) is 1.61. The summed E-state index contributed by atoms with van der Waals surface area (Å²) < 4.78 is 5.67. The minimum Gasteiger partial charge on any atom is -0.367 e. The highest BCUT2D eigenvalue weighted by molar-refractivity contribution is 5.90. The van der Waals surface area contributed by atoms with Gasteiger partial charge in [0.1, 0.15) is 12.6 Å². The SMILES string of the molecule is CC(C)C[C@H]1C(=O)N2C[C@@H](N(C)C)C[C@H]2CN1C(=O)COCc1ccccc1. The van der Waals surface area contributed by atoms with Gasteiger partial charge in [0.05, 0.1) is 12.6 Å². The molecular weight excluding hydrogens is 354 g/mol. The van der Waals surface area contributed by atoms with Crippen molar-refractivity contribution >= 4 is 11.8 Å². The number of piperazine rings is 1. The third kappa shape index (κ3) is 4.73. The number of benzene rings is 1. The second-order valence-corrected chi connectivity index (χ2v) is 8.67. The monoisotopic (exact) mass is 387 g/mol. The molecule has 2 amide bonds. The Hall–Kier alpha value is -1.92. The molecule has 1 aromatic carbocycles. The number of nitrogens with zero attached hydrogens (tertiary/aromatic N) is 3. The van der Waals surface area contributed by atoms with Gasteiger partial charge < -0.3 is 19.4 Å². The molecule has 0 N–H and O–H groups in total. The first kappa shape index (κ1) is 20.8. The van der Waals surface area contributed by atoms with Crippen molar-refractivity contribution in [3.8, 4) is 0 Å². The first-order valence-corrected chi connectivity index (χ1v) is 10.2. The Morgan fingerprint density at radius 3 is 2.57 bits per heavy atom. The van der Waals surface area contributed by atoms with Crippen LogP contribution in [0.25, 0.3) is 0 Å². The summed E-state index contributed by atoms with van der Waals surface area (Å²) in [5.41, 5.74) is 1.04. The zero-order chi connectivity index (χ0) is 20.3. The van der Waals surface area contributed by atoms with E-state index in [1.807, 2.05) is 35.2 Å². The van der Waals surface area contributed by atoms with Crippen LogP contribution in [-0.4, -0.2) is 78.4 Å². The van der Waals surface area contributed by atoms with Crippen LogP contribution >= 0.6 is 0 Å². The van der Waals surface area contributed by atoms with Crippen molar-refractivity contribution in [2.24, 2.45) is 5.92 Å². The quantitative estimate of drug-likeness (QED) is 0.718. The molecule has 1 aromatic rings. The van der Waals surface area contributed by atoms with Gasteiger partial charge in [-0.2, -0.15) is 0 Å². The minimum absolute atomic E-state index is 0.0145. The van der Waals surface area contributed by atoms with Crippen molar-refractivity contribution in [1.29, 1.82) is 0 Å². The number of carbonyl (C=O) groups excluding carboxylic acids is 2. The third-order valence-electron chi connectivity index (χ3n) is 5.83. The second-order valence-electron chi connectivity index (χ2n) is 8.67. The van der Waals surface area contributed by atoms with E-state index in [1.54, 1.807) is 4.90 Å². The predicted molar refractivity (Wildman–Crippen MR) is 109 cm³/mol. The molecule has 28 heavy (non-hydrogen) atoms. The van der Waals surface area contributed by atoms with Gasteiger partial charge in [0, 0.05) is 19.1 Å². The topological polar surface area (TPSA) is 53.1 Å². The van der Waals surface area contributed by atoms with Gasteiger partial charge in [0.2, 0.25) is 11.8 Å². The molecule has 2 heterocycles. The summed E-state index contributed by atoms with van der Waals surface area (Å²) in [7, 11) is 4.11. The molecule has 3 rings (SSSR count). The van der Waals surface area contributed by atoms with Gasteiger partial charge in [0.25, 0.3) is 0 Å². The summed E-state index contributed by atoms with van der Waals surface area (Å²) in [6.45, 7) is 5.99. The summed E-state index contributed by atoms with van der Waals surface area (Å²) in [6, 6.07) is 9.93. The van der Waals surface area contributed by atoms with Crippen LogP contribution in [0.1, 0.15) is 32.3 Å². The van der Waals surface area contributed by atoms with Crippen LogP contribution in [0.2, 0.25) is 0 Å². The maximum absolute atomic E-state index is 13.2.